The Morgan fingerprint density at radius 2 is 2.09 bits per heavy atom. The minimum absolute atomic E-state index is 0.167. The average molecular weight is 327 g/mol. The number of hydrazone groups is 1. The first-order chi connectivity index (χ1) is 10.4. The quantitative estimate of drug-likeness (QED) is 0.806. The fraction of sp³-hybridized carbons (Fsp3) is 0.214. The van der Waals surface area contributed by atoms with Crippen LogP contribution in [-0.2, 0) is 6.18 Å². The maximum Gasteiger partial charge on any atom is 0.471 e. The van der Waals surface area contributed by atoms with E-state index in [0.29, 0.717) is 29.1 Å². The van der Waals surface area contributed by atoms with Crippen molar-refractivity contribution in [1.82, 2.24) is 4.92 Å². The molecule has 1 aromatic carbocycles. The lowest BCUT2D eigenvalue weighted by Crippen LogP contribution is -2.49. The maximum absolute atomic E-state index is 12.8. The van der Waals surface area contributed by atoms with Crippen molar-refractivity contribution >= 4 is 30.3 Å². The fourth-order valence-electron chi connectivity index (χ4n) is 2.43. The predicted molar refractivity (Wildman–Crippen MR) is 79.7 cm³/mol. The van der Waals surface area contributed by atoms with E-state index in [-0.39, 0.29) is 5.46 Å². The van der Waals surface area contributed by atoms with Crippen LogP contribution in [0, 0.1) is 0 Å². The number of halogens is 4. The summed E-state index contributed by atoms with van der Waals surface area (Å²) >= 11 is 5.97. The highest BCUT2D eigenvalue weighted by Gasteiger charge is 2.36. The molecule has 1 aliphatic carbocycles. The molecular weight excluding hydrogens is 315 g/mol. The van der Waals surface area contributed by atoms with Crippen LogP contribution >= 0.6 is 11.6 Å². The molecule has 0 saturated carbocycles. The summed E-state index contributed by atoms with van der Waals surface area (Å²) in [7, 11) is -1.28. The number of benzene rings is 1. The van der Waals surface area contributed by atoms with Gasteiger partial charge in [0, 0.05) is 10.7 Å². The molecule has 0 radical (unpaired) electrons. The summed E-state index contributed by atoms with van der Waals surface area (Å²) in [4.78, 5) is 1.27. The lowest BCUT2D eigenvalue weighted by molar-refractivity contribution is -0.137. The van der Waals surface area contributed by atoms with Crippen LogP contribution in [0.15, 0.2) is 46.2 Å². The van der Waals surface area contributed by atoms with E-state index in [0.717, 1.165) is 12.1 Å². The second-order valence-corrected chi connectivity index (χ2v) is 5.55. The third-order valence-electron chi connectivity index (χ3n) is 3.55. The zero-order chi connectivity index (χ0) is 15.9. The Morgan fingerprint density at radius 1 is 1.32 bits per heavy atom. The van der Waals surface area contributed by atoms with Gasteiger partial charge in [0.15, 0.2) is 0 Å². The molecule has 1 aromatic rings. The first-order valence-electron chi connectivity index (χ1n) is 6.65. The van der Waals surface area contributed by atoms with Gasteiger partial charge in [0.1, 0.15) is 0 Å². The Labute approximate surface area is 130 Å². The SMILES string of the molecule is OB1c2cc(C(F)(F)F)ccc2C=NN1C1=CCCC(Cl)=C1. The summed E-state index contributed by atoms with van der Waals surface area (Å²) < 4.78 is 38.5. The minimum Gasteiger partial charge on any atom is -0.427 e. The van der Waals surface area contributed by atoms with Crippen LogP contribution in [0.4, 0.5) is 13.2 Å². The number of allylic oxidation sites excluding steroid dienone is 3. The molecule has 1 N–H and O–H groups in total. The van der Waals surface area contributed by atoms with E-state index in [4.69, 9.17) is 11.6 Å². The van der Waals surface area contributed by atoms with Gasteiger partial charge in [-0.1, -0.05) is 29.8 Å². The van der Waals surface area contributed by atoms with Crippen molar-refractivity contribution in [3.05, 3.63) is 52.2 Å². The molecule has 3 rings (SSSR count). The summed E-state index contributed by atoms with van der Waals surface area (Å²) in [5, 5.41) is 15.1. The molecule has 22 heavy (non-hydrogen) atoms. The van der Waals surface area contributed by atoms with E-state index in [1.807, 2.05) is 6.08 Å². The second kappa shape index (κ2) is 5.48. The van der Waals surface area contributed by atoms with E-state index >= 15 is 0 Å². The summed E-state index contributed by atoms with van der Waals surface area (Å²) in [5.41, 5.74) is 0.402. The van der Waals surface area contributed by atoms with Crippen LogP contribution in [0.25, 0.3) is 0 Å². The Hall–Kier alpha value is -1.73. The Morgan fingerprint density at radius 3 is 2.77 bits per heavy atom. The Kier molecular flexibility index (Phi) is 3.78. The van der Waals surface area contributed by atoms with Crippen molar-refractivity contribution in [2.75, 3.05) is 0 Å². The molecule has 0 amide bonds. The van der Waals surface area contributed by atoms with Gasteiger partial charge in [-0.25, -0.2) is 0 Å². The molecule has 8 heteroatoms. The summed E-state index contributed by atoms with van der Waals surface area (Å²) in [6, 6.07) is 3.23. The van der Waals surface area contributed by atoms with Crippen LogP contribution in [0.3, 0.4) is 0 Å². The average Bonchev–Trinajstić information content (AvgIpc) is 2.46. The van der Waals surface area contributed by atoms with Gasteiger partial charge in [0.05, 0.1) is 11.8 Å². The number of nitrogens with zero attached hydrogens (tertiary/aromatic N) is 2. The largest absolute Gasteiger partial charge is 0.471 e. The van der Waals surface area contributed by atoms with Crippen LogP contribution in [0.5, 0.6) is 0 Å². The van der Waals surface area contributed by atoms with Crippen molar-refractivity contribution in [1.29, 1.82) is 0 Å². The van der Waals surface area contributed by atoms with Gasteiger partial charge in [0.25, 0.3) is 0 Å². The smallest absolute Gasteiger partial charge is 0.427 e. The van der Waals surface area contributed by atoms with E-state index in [1.165, 1.54) is 17.2 Å². The third-order valence-corrected chi connectivity index (χ3v) is 3.85. The lowest BCUT2D eigenvalue weighted by atomic mass is 9.68. The van der Waals surface area contributed by atoms with Crippen LogP contribution in [0.1, 0.15) is 24.0 Å². The number of fused-ring (bicyclic) bond motifs is 1. The molecule has 2 aliphatic rings. The Balaban J connectivity index is 1.98. The molecule has 1 aliphatic heterocycles. The third kappa shape index (κ3) is 2.78. The van der Waals surface area contributed by atoms with Crippen molar-refractivity contribution in [3.8, 4) is 0 Å². The van der Waals surface area contributed by atoms with Gasteiger partial charge < -0.3 is 5.02 Å². The summed E-state index contributed by atoms with van der Waals surface area (Å²) in [6.45, 7) is 0. The molecule has 0 fully saturated rings. The number of hydrogen-bond acceptors (Lipinski definition) is 3. The molecular formula is C14H11BClF3N2O. The Bertz CT molecular complexity index is 700. The number of rotatable bonds is 1. The van der Waals surface area contributed by atoms with Crippen molar-refractivity contribution < 1.29 is 18.2 Å². The molecule has 0 saturated heterocycles. The molecule has 3 nitrogen and oxygen atoms in total. The van der Waals surface area contributed by atoms with Gasteiger partial charge >= 0.3 is 13.2 Å². The van der Waals surface area contributed by atoms with Crippen molar-refractivity contribution in [2.24, 2.45) is 5.10 Å². The maximum atomic E-state index is 12.8. The normalized spacial score (nSPS) is 18.0. The first kappa shape index (κ1) is 15.2. The fourth-order valence-corrected chi connectivity index (χ4v) is 2.65. The molecule has 0 atom stereocenters. The van der Waals surface area contributed by atoms with Gasteiger partial charge in [-0.15, -0.1) is 0 Å². The predicted octanol–water partition coefficient (Wildman–Crippen LogP) is 2.84. The van der Waals surface area contributed by atoms with E-state index in [9.17, 15) is 18.2 Å². The zero-order valence-electron chi connectivity index (χ0n) is 11.3. The lowest BCUT2D eigenvalue weighted by Gasteiger charge is -2.29. The van der Waals surface area contributed by atoms with Gasteiger partial charge in [-0.2, -0.15) is 18.3 Å². The highest BCUT2D eigenvalue weighted by molar-refractivity contribution is 6.65. The summed E-state index contributed by atoms with van der Waals surface area (Å²) in [6.07, 6.45) is 1.86. The summed E-state index contributed by atoms with van der Waals surface area (Å²) in [5.74, 6) is 0. The van der Waals surface area contributed by atoms with Gasteiger partial charge in [-0.05, 0) is 36.0 Å². The number of hydrogen-bond donors (Lipinski definition) is 1. The van der Waals surface area contributed by atoms with Crippen LogP contribution < -0.4 is 5.46 Å². The molecule has 0 bridgehead atoms. The van der Waals surface area contributed by atoms with Crippen molar-refractivity contribution in [2.45, 2.75) is 19.0 Å². The monoisotopic (exact) mass is 326 g/mol. The molecule has 1 heterocycles. The minimum atomic E-state index is -4.46. The van der Waals surface area contributed by atoms with Gasteiger partial charge in [0.2, 0.25) is 0 Å². The molecule has 0 aromatic heterocycles. The zero-order valence-corrected chi connectivity index (χ0v) is 12.1. The highest BCUT2D eigenvalue weighted by Crippen LogP contribution is 2.30. The van der Waals surface area contributed by atoms with Crippen LogP contribution in [-0.4, -0.2) is 23.2 Å². The first-order valence-corrected chi connectivity index (χ1v) is 7.03. The van der Waals surface area contributed by atoms with E-state index in [2.05, 4.69) is 5.10 Å². The van der Waals surface area contributed by atoms with Gasteiger partial charge in [-0.3, -0.25) is 4.92 Å². The van der Waals surface area contributed by atoms with Crippen molar-refractivity contribution in [3.63, 3.8) is 0 Å². The van der Waals surface area contributed by atoms with E-state index < -0.39 is 18.8 Å². The topological polar surface area (TPSA) is 35.8 Å². The standard InChI is InChI=1S/C14H11BClF3N2O/c16-11-2-1-3-12(7-11)21-15(22)13-6-10(14(17,18)19)5-4-9(13)8-20-21/h3-8,22H,1-2H2. The molecule has 0 spiro atoms. The molecule has 114 valence electrons. The number of alkyl halides is 3. The highest BCUT2D eigenvalue weighted by atomic mass is 35.5. The second-order valence-electron chi connectivity index (χ2n) is 5.06. The van der Waals surface area contributed by atoms with Crippen LogP contribution in [0.2, 0.25) is 0 Å². The molecule has 0 unspecified atom stereocenters. The van der Waals surface area contributed by atoms with E-state index in [1.54, 1.807) is 6.08 Å².